The summed E-state index contributed by atoms with van der Waals surface area (Å²) in [6.45, 7) is 0.275. The first kappa shape index (κ1) is 13.2. The smallest absolute Gasteiger partial charge is 0.344 e. The van der Waals surface area contributed by atoms with Crippen molar-refractivity contribution in [1.29, 1.82) is 0 Å². The second-order valence-electron chi connectivity index (χ2n) is 4.06. The van der Waals surface area contributed by atoms with Gasteiger partial charge in [-0.25, -0.2) is 0 Å². The minimum atomic E-state index is -4.15. The van der Waals surface area contributed by atoms with Crippen LogP contribution in [0.2, 0.25) is 0 Å². The molecule has 0 spiro atoms. The number of rotatable bonds is 2. The van der Waals surface area contributed by atoms with E-state index >= 15 is 0 Å². The Morgan fingerprint density at radius 1 is 1.17 bits per heavy atom. The molecule has 2 rings (SSSR count). The topological polar surface area (TPSA) is 3.24 Å². The van der Waals surface area contributed by atoms with Crippen LogP contribution in [0.5, 0.6) is 0 Å². The SMILES string of the molecule is FC(F)(F)CC1=CC=CN(c2ccc(Br)cc2)C1. The van der Waals surface area contributed by atoms with Crippen LogP contribution in [0.25, 0.3) is 0 Å². The second kappa shape index (κ2) is 5.18. The summed E-state index contributed by atoms with van der Waals surface area (Å²) in [5.41, 5.74) is 1.25. The summed E-state index contributed by atoms with van der Waals surface area (Å²) in [5.74, 6) is 0. The van der Waals surface area contributed by atoms with E-state index in [2.05, 4.69) is 15.9 Å². The van der Waals surface area contributed by atoms with Gasteiger partial charge in [-0.15, -0.1) is 0 Å². The summed E-state index contributed by atoms with van der Waals surface area (Å²) >= 11 is 3.32. The van der Waals surface area contributed by atoms with E-state index in [-0.39, 0.29) is 6.54 Å². The number of hydrogen-bond donors (Lipinski definition) is 0. The zero-order chi connectivity index (χ0) is 13.2. The lowest BCUT2D eigenvalue weighted by Gasteiger charge is -2.25. The Labute approximate surface area is 112 Å². The summed E-state index contributed by atoms with van der Waals surface area (Å²) in [7, 11) is 0. The van der Waals surface area contributed by atoms with E-state index in [1.807, 2.05) is 24.3 Å². The molecule has 18 heavy (non-hydrogen) atoms. The normalized spacial score (nSPS) is 15.8. The fourth-order valence-corrected chi connectivity index (χ4v) is 2.05. The first-order chi connectivity index (χ1) is 8.44. The summed E-state index contributed by atoms with van der Waals surface area (Å²) in [6, 6.07) is 7.46. The average molecular weight is 318 g/mol. The molecule has 1 aliphatic heterocycles. The van der Waals surface area contributed by atoms with Gasteiger partial charge in [0, 0.05) is 22.9 Å². The van der Waals surface area contributed by atoms with Gasteiger partial charge < -0.3 is 4.90 Å². The lowest BCUT2D eigenvalue weighted by molar-refractivity contribution is -0.127. The van der Waals surface area contributed by atoms with Gasteiger partial charge in [-0.05, 0) is 35.9 Å². The number of hydrogen-bond acceptors (Lipinski definition) is 1. The molecule has 0 amide bonds. The molecule has 0 aliphatic carbocycles. The van der Waals surface area contributed by atoms with Crippen molar-refractivity contribution in [3.05, 3.63) is 52.7 Å². The number of nitrogens with zero attached hydrogens (tertiary/aromatic N) is 1. The van der Waals surface area contributed by atoms with Crippen LogP contribution < -0.4 is 4.90 Å². The number of alkyl halides is 3. The molecule has 0 radical (unpaired) electrons. The third-order valence-corrected chi connectivity index (χ3v) is 3.09. The highest BCUT2D eigenvalue weighted by Gasteiger charge is 2.29. The monoisotopic (exact) mass is 317 g/mol. The molecule has 1 aromatic carbocycles. The van der Waals surface area contributed by atoms with Crippen molar-refractivity contribution in [2.24, 2.45) is 0 Å². The molecule has 0 fully saturated rings. The lowest BCUT2D eigenvalue weighted by Crippen LogP contribution is -2.24. The zero-order valence-corrected chi connectivity index (χ0v) is 11.0. The molecule has 0 saturated carbocycles. The van der Waals surface area contributed by atoms with Gasteiger partial charge >= 0.3 is 6.18 Å². The molecule has 0 aromatic heterocycles. The minimum absolute atomic E-state index is 0.275. The lowest BCUT2D eigenvalue weighted by atomic mass is 10.1. The maximum absolute atomic E-state index is 12.3. The van der Waals surface area contributed by atoms with Gasteiger partial charge in [-0.1, -0.05) is 22.0 Å². The third kappa shape index (κ3) is 3.63. The average Bonchev–Trinajstić information content (AvgIpc) is 2.28. The Kier molecular flexibility index (Phi) is 3.80. The first-order valence-electron chi connectivity index (χ1n) is 5.39. The van der Waals surface area contributed by atoms with Crippen LogP contribution in [0, 0.1) is 0 Å². The Bertz CT molecular complexity index is 474. The van der Waals surface area contributed by atoms with E-state index in [1.54, 1.807) is 17.2 Å². The quantitative estimate of drug-likeness (QED) is 0.766. The van der Waals surface area contributed by atoms with Crippen molar-refractivity contribution in [2.75, 3.05) is 11.4 Å². The fraction of sp³-hybridized carbons (Fsp3) is 0.231. The predicted octanol–water partition coefficient (Wildman–Crippen LogP) is 4.66. The Morgan fingerprint density at radius 3 is 2.44 bits per heavy atom. The van der Waals surface area contributed by atoms with Crippen LogP contribution in [-0.2, 0) is 0 Å². The Balaban J connectivity index is 2.09. The van der Waals surface area contributed by atoms with Crippen molar-refractivity contribution in [3.8, 4) is 0 Å². The molecule has 5 heteroatoms. The molecule has 0 atom stereocenters. The molecule has 0 N–H and O–H groups in total. The van der Waals surface area contributed by atoms with Crippen LogP contribution in [0.4, 0.5) is 18.9 Å². The maximum atomic E-state index is 12.3. The van der Waals surface area contributed by atoms with Gasteiger partial charge in [0.1, 0.15) is 0 Å². The van der Waals surface area contributed by atoms with E-state index < -0.39 is 12.6 Å². The molecular weight excluding hydrogens is 307 g/mol. The molecule has 0 bridgehead atoms. The molecule has 1 aromatic rings. The predicted molar refractivity (Wildman–Crippen MR) is 69.4 cm³/mol. The molecule has 96 valence electrons. The number of halogens is 4. The van der Waals surface area contributed by atoms with Crippen LogP contribution in [0.1, 0.15) is 6.42 Å². The van der Waals surface area contributed by atoms with Gasteiger partial charge in [0.25, 0.3) is 0 Å². The summed E-state index contributed by atoms with van der Waals surface area (Å²) in [6.07, 6.45) is -0.0503. The summed E-state index contributed by atoms with van der Waals surface area (Å²) in [5, 5.41) is 0. The molecular formula is C13H11BrF3N. The van der Waals surface area contributed by atoms with Crippen molar-refractivity contribution in [1.82, 2.24) is 0 Å². The number of benzene rings is 1. The van der Waals surface area contributed by atoms with Crippen molar-refractivity contribution in [2.45, 2.75) is 12.6 Å². The highest BCUT2D eigenvalue weighted by Crippen LogP contribution is 2.28. The van der Waals surface area contributed by atoms with E-state index in [0.29, 0.717) is 5.57 Å². The van der Waals surface area contributed by atoms with Crippen LogP contribution in [0.3, 0.4) is 0 Å². The van der Waals surface area contributed by atoms with Gasteiger partial charge in [0.15, 0.2) is 0 Å². The first-order valence-corrected chi connectivity index (χ1v) is 6.18. The summed E-state index contributed by atoms with van der Waals surface area (Å²) in [4.78, 5) is 1.80. The molecule has 1 nitrogen and oxygen atoms in total. The standard InChI is InChI=1S/C13H11BrF3N/c14-11-3-5-12(6-4-11)18-7-1-2-10(9-18)8-13(15,16)17/h1-7H,8-9H2. The highest BCUT2D eigenvalue weighted by molar-refractivity contribution is 9.10. The van der Waals surface area contributed by atoms with E-state index in [4.69, 9.17) is 0 Å². The summed E-state index contributed by atoms with van der Waals surface area (Å²) < 4.78 is 37.9. The number of allylic oxidation sites excluding steroid dienone is 2. The van der Waals surface area contributed by atoms with Crippen molar-refractivity contribution < 1.29 is 13.2 Å². The van der Waals surface area contributed by atoms with Gasteiger partial charge in [-0.3, -0.25) is 0 Å². The van der Waals surface area contributed by atoms with Gasteiger partial charge in [0.2, 0.25) is 0 Å². The van der Waals surface area contributed by atoms with Crippen molar-refractivity contribution >= 4 is 21.6 Å². The Morgan fingerprint density at radius 2 is 1.83 bits per heavy atom. The van der Waals surface area contributed by atoms with Gasteiger partial charge in [-0.2, -0.15) is 13.2 Å². The van der Waals surface area contributed by atoms with E-state index in [1.165, 1.54) is 6.08 Å². The third-order valence-electron chi connectivity index (χ3n) is 2.56. The second-order valence-corrected chi connectivity index (χ2v) is 4.98. The van der Waals surface area contributed by atoms with Crippen LogP contribution in [0.15, 0.2) is 52.7 Å². The molecule has 1 heterocycles. The zero-order valence-electron chi connectivity index (χ0n) is 9.41. The number of anilines is 1. The van der Waals surface area contributed by atoms with Crippen LogP contribution >= 0.6 is 15.9 Å². The minimum Gasteiger partial charge on any atom is -0.344 e. The highest BCUT2D eigenvalue weighted by atomic mass is 79.9. The van der Waals surface area contributed by atoms with Crippen molar-refractivity contribution in [3.63, 3.8) is 0 Å². The molecule has 0 unspecified atom stereocenters. The maximum Gasteiger partial charge on any atom is 0.392 e. The van der Waals surface area contributed by atoms with E-state index in [0.717, 1.165) is 10.2 Å². The van der Waals surface area contributed by atoms with Crippen LogP contribution in [-0.4, -0.2) is 12.7 Å². The van der Waals surface area contributed by atoms with E-state index in [9.17, 15) is 13.2 Å². The van der Waals surface area contributed by atoms with Gasteiger partial charge in [0.05, 0.1) is 6.42 Å². The Hall–Kier alpha value is -1.23. The largest absolute Gasteiger partial charge is 0.392 e. The fourth-order valence-electron chi connectivity index (χ4n) is 1.79. The molecule has 0 saturated heterocycles. The molecule has 1 aliphatic rings.